The Kier molecular flexibility index (Phi) is 18.3. The summed E-state index contributed by atoms with van der Waals surface area (Å²) in [5.74, 6) is -0.827. The van der Waals surface area contributed by atoms with E-state index >= 15 is 0 Å². The van der Waals surface area contributed by atoms with Gasteiger partial charge in [0.2, 0.25) is 0 Å². The number of hydrogen-bond donors (Lipinski definition) is 0. The second kappa shape index (κ2) is 16.2. The minimum atomic E-state index is -0.817. The van der Waals surface area contributed by atoms with E-state index in [4.69, 9.17) is 9.47 Å². The van der Waals surface area contributed by atoms with E-state index in [1.807, 2.05) is 27.7 Å². The maximum atomic E-state index is 11.9. The average Bonchev–Trinajstić information content (AvgIpc) is 3.34. The third-order valence-electron chi connectivity index (χ3n) is 4.41. The zero-order valence-electron chi connectivity index (χ0n) is 21.8. The van der Waals surface area contributed by atoms with Crippen molar-refractivity contribution in [3.63, 3.8) is 0 Å². The van der Waals surface area contributed by atoms with Gasteiger partial charge < -0.3 is 9.47 Å². The van der Waals surface area contributed by atoms with Gasteiger partial charge in [0.25, 0.3) is 0 Å². The standard InChI is InChI=1S/C12H20O3.C8H14O3.C4H8Br2.ClH/c1-6-9-7-12(9,8(2)13)10(14)15-11(3,4)5;1-6(9)5-7(10)11-8(2,3)4;1-2-4(6)3-5;/h9H,6-7H2,1-5H3;5H2,1-4H3;4H,2-3H2,1H3;1H. The molecule has 1 fully saturated rings. The first-order valence-corrected chi connectivity index (χ1v) is 13.1. The van der Waals surface area contributed by atoms with Crippen molar-refractivity contribution in [2.24, 2.45) is 11.3 Å². The third kappa shape index (κ3) is 16.7. The molecule has 0 amide bonds. The molecule has 0 heterocycles. The number of hydrogen-bond acceptors (Lipinski definition) is 6. The molecule has 0 radical (unpaired) electrons. The molecular formula is C24H43Br2ClO6. The van der Waals surface area contributed by atoms with Crippen LogP contribution in [-0.4, -0.2) is 44.9 Å². The average molecular weight is 623 g/mol. The molecule has 0 aromatic carbocycles. The molecule has 0 aliphatic heterocycles. The Bertz CT molecular complexity index is 636. The molecule has 3 unspecified atom stereocenters. The number of Topliss-reactive ketones (excluding diaryl/α,β-unsaturated/α-hetero) is 2. The fourth-order valence-electron chi connectivity index (χ4n) is 2.71. The van der Waals surface area contributed by atoms with Crippen molar-refractivity contribution in [3.8, 4) is 0 Å². The minimum absolute atomic E-state index is 0. The summed E-state index contributed by atoms with van der Waals surface area (Å²) in [6, 6.07) is 0. The molecule has 0 aromatic heterocycles. The smallest absolute Gasteiger partial charge is 0.320 e. The molecule has 196 valence electrons. The van der Waals surface area contributed by atoms with Gasteiger partial charge in [-0.1, -0.05) is 52.1 Å². The van der Waals surface area contributed by atoms with Crippen LogP contribution in [0.1, 0.15) is 94.9 Å². The second-order valence-electron chi connectivity index (χ2n) is 9.96. The molecule has 33 heavy (non-hydrogen) atoms. The van der Waals surface area contributed by atoms with Crippen molar-refractivity contribution in [1.29, 1.82) is 0 Å². The molecule has 0 N–H and O–H groups in total. The van der Waals surface area contributed by atoms with Gasteiger partial charge in [-0.2, -0.15) is 0 Å². The fourth-order valence-corrected chi connectivity index (χ4v) is 3.16. The normalized spacial score (nSPS) is 19.8. The molecule has 0 bridgehead atoms. The van der Waals surface area contributed by atoms with Crippen LogP contribution >= 0.6 is 44.3 Å². The van der Waals surface area contributed by atoms with E-state index in [0.29, 0.717) is 11.2 Å². The largest absolute Gasteiger partial charge is 0.460 e. The summed E-state index contributed by atoms with van der Waals surface area (Å²) in [4.78, 5) is 45.4. The van der Waals surface area contributed by atoms with Gasteiger partial charge in [-0.3, -0.25) is 19.2 Å². The highest BCUT2D eigenvalue weighted by atomic mass is 79.9. The first-order chi connectivity index (χ1) is 14.4. The van der Waals surface area contributed by atoms with Crippen LogP contribution in [0.5, 0.6) is 0 Å². The Balaban J connectivity index is -0.000000442. The van der Waals surface area contributed by atoms with E-state index in [0.717, 1.165) is 11.8 Å². The molecule has 6 nitrogen and oxygen atoms in total. The van der Waals surface area contributed by atoms with Gasteiger partial charge in [0.1, 0.15) is 34.6 Å². The second-order valence-corrected chi connectivity index (χ2v) is 11.9. The molecule has 0 aromatic rings. The SMILES string of the molecule is CC(=O)CC(=O)OC(C)(C)C.CCC(Br)CBr.CCC1CC1(C(C)=O)C(=O)OC(C)(C)C.Cl. The summed E-state index contributed by atoms with van der Waals surface area (Å²) in [5.41, 5.74) is -1.82. The zero-order valence-corrected chi connectivity index (χ0v) is 25.8. The highest BCUT2D eigenvalue weighted by Crippen LogP contribution is 2.56. The molecule has 0 saturated heterocycles. The molecule has 0 spiro atoms. The van der Waals surface area contributed by atoms with Crippen LogP contribution in [0.3, 0.4) is 0 Å². The van der Waals surface area contributed by atoms with Crippen LogP contribution in [0.15, 0.2) is 0 Å². The van der Waals surface area contributed by atoms with E-state index in [9.17, 15) is 19.2 Å². The minimum Gasteiger partial charge on any atom is -0.460 e. The van der Waals surface area contributed by atoms with Gasteiger partial charge in [0.15, 0.2) is 0 Å². The van der Waals surface area contributed by atoms with E-state index in [2.05, 4.69) is 38.8 Å². The molecule has 1 rings (SSSR count). The van der Waals surface area contributed by atoms with Gasteiger partial charge in [-0.25, -0.2) is 0 Å². The van der Waals surface area contributed by atoms with Crippen molar-refractivity contribution < 1.29 is 28.7 Å². The highest BCUT2D eigenvalue weighted by Gasteiger charge is 2.64. The third-order valence-corrected chi connectivity index (χ3v) is 7.03. The number of ketones is 2. The molecule has 1 saturated carbocycles. The van der Waals surface area contributed by atoms with Gasteiger partial charge in [0.05, 0.1) is 0 Å². The number of alkyl halides is 2. The summed E-state index contributed by atoms with van der Waals surface area (Å²) in [5, 5.41) is 1.06. The lowest BCUT2D eigenvalue weighted by Crippen LogP contribution is -2.34. The van der Waals surface area contributed by atoms with E-state index in [1.54, 1.807) is 20.8 Å². The molecule has 1 aliphatic rings. The number of ether oxygens (including phenoxy) is 2. The quantitative estimate of drug-likeness (QED) is 0.180. The zero-order chi connectivity index (χ0) is 25.9. The van der Waals surface area contributed by atoms with Crippen LogP contribution < -0.4 is 0 Å². The Labute approximate surface area is 223 Å². The van der Waals surface area contributed by atoms with Crippen LogP contribution in [0, 0.1) is 11.3 Å². The van der Waals surface area contributed by atoms with Crippen molar-refractivity contribution in [1.82, 2.24) is 0 Å². The van der Waals surface area contributed by atoms with Crippen LogP contribution in [0.25, 0.3) is 0 Å². The van der Waals surface area contributed by atoms with Gasteiger partial charge >= 0.3 is 11.9 Å². The predicted molar refractivity (Wildman–Crippen MR) is 143 cm³/mol. The van der Waals surface area contributed by atoms with Crippen LogP contribution in [0.4, 0.5) is 0 Å². The summed E-state index contributed by atoms with van der Waals surface area (Å²) in [7, 11) is 0. The number of halogens is 3. The van der Waals surface area contributed by atoms with Crippen molar-refractivity contribution in [2.75, 3.05) is 5.33 Å². The molecular weight excluding hydrogens is 580 g/mol. The molecule has 3 atom stereocenters. The molecule has 1 aliphatic carbocycles. The summed E-state index contributed by atoms with van der Waals surface area (Å²) < 4.78 is 10.2. The lowest BCUT2D eigenvalue weighted by atomic mass is 9.97. The highest BCUT2D eigenvalue weighted by molar-refractivity contribution is 9.12. The first kappa shape index (κ1) is 37.1. The van der Waals surface area contributed by atoms with Gasteiger partial charge in [-0.15, -0.1) is 12.4 Å². The van der Waals surface area contributed by atoms with Gasteiger partial charge in [0, 0.05) is 10.2 Å². The first-order valence-electron chi connectivity index (χ1n) is 11.0. The van der Waals surface area contributed by atoms with E-state index < -0.39 is 22.6 Å². The topological polar surface area (TPSA) is 86.7 Å². The Morgan fingerprint density at radius 1 is 0.970 bits per heavy atom. The Morgan fingerprint density at radius 2 is 1.42 bits per heavy atom. The van der Waals surface area contributed by atoms with E-state index in [1.165, 1.54) is 20.3 Å². The maximum absolute atomic E-state index is 11.9. The van der Waals surface area contributed by atoms with Crippen LogP contribution in [0.2, 0.25) is 0 Å². The Morgan fingerprint density at radius 3 is 1.64 bits per heavy atom. The number of esters is 2. The summed E-state index contributed by atoms with van der Waals surface area (Å²) >= 11 is 6.76. The summed E-state index contributed by atoms with van der Waals surface area (Å²) in [6.45, 7) is 17.8. The number of carbonyl (C=O) groups excluding carboxylic acids is 4. The maximum Gasteiger partial charge on any atom is 0.320 e. The lowest BCUT2D eigenvalue weighted by molar-refractivity contribution is -0.164. The molecule has 9 heteroatoms. The number of carbonyl (C=O) groups is 4. The van der Waals surface area contributed by atoms with Crippen molar-refractivity contribution >= 4 is 67.8 Å². The van der Waals surface area contributed by atoms with Crippen molar-refractivity contribution in [2.45, 2.75) is 111 Å². The van der Waals surface area contributed by atoms with Gasteiger partial charge in [-0.05, 0) is 74.1 Å². The monoisotopic (exact) mass is 620 g/mol. The van der Waals surface area contributed by atoms with E-state index in [-0.39, 0.29) is 42.3 Å². The Hall–Kier alpha value is -0.470. The predicted octanol–water partition coefficient (Wildman–Crippen LogP) is 6.62. The van der Waals surface area contributed by atoms with Crippen molar-refractivity contribution in [3.05, 3.63) is 0 Å². The lowest BCUT2D eigenvalue weighted by Gasteiger charge is -2.23. The summed E-state index contributed by atoms with van der Waals surface area (Å²) in [6.07, 6.45) is 2.59. The number of rotatable bonds is 7. The van der Waals surface area contributed by atoms with Crippen LogP contribution in [-0.2, 0) is 28.7 Å². The fraction of sp³-hybridized carbons (Fsp3) is 0.833.